The minimum atomic E-state index is -0.586. The highest BCUT2D eigenvalue weighted by molar-refractivity contribution is 5.85. The number of hydrogen-bond donors (Lipinski definition) is 1. The van der Waals surface area contributed by atoms with Crippen LogP contribution in [0.3, 0.4) is 0 Å². The summed E-state index contributed by atoms with van der Waals surface area (Å²) in [5.74, 6) is -0.359. The zero-order valence-corrected chi connectivity index (χ0v) is 10.6. The molecule has 0 atom stereocenters. The molecule has 0 aliphatic rings. The zero-order chi connectivity index (χ0) is 13.7. The molecule has 6 heteroatoms. The van der Waals surface area contributed by atoms with Gasteiger partial charge in [-0.05, 0) is 42.7 Å². The largest absolute Gasteiger partial charge is 0.460 e. The maximum atomic E-state index is 11.4. The molecule has 0 amide bonds. The van der Waals surface area contributed by atoms with Crippen molar-refractivity contribution in [2.45, 2.75) is 13.3 Å². The fourth-order valence-electron chi connectivity index (χ4n) is 1.60. The van der Waals surface area contributed by atoms with Gasteiger partial charge in [0.05, 0.1) is 6.61 Å². The van der Waals surface area contributed by atoms with E-state index in [9.17, 15) is 4.79 Å². The van der Waals surface area contributed by atoms with Gasteiger partial charge in [0.1, 0.15) is 0 Å². The van der Waals surface area contributed by atoms with Crippen molar-refractivity contribution in [1.82, 2.24) is 10.1 Å². The Morgan fingerprint density at radius 1 is 1.37 bits per heavy atom. The van der Waals surface area contributed by atoms with Gasteiger partial charge in [-0.1, -0.05) is 12.1 Å². The summed E-state index contributed by atoms with van der Waals surface area (Å²) in [7, 11) is 0. The molecule has 0 fully saturated rings. The monoisotopic (exact) mass is 261 g/mol. The molecule has 0 unspecified atom stereocenters. The van der Waals surface area contributed by atoms with Gasteiger partial charge in [-0.2, -0.15) is 4.98 Å². The first-order valence-electron chi connectivity index (χ1n) is 6.04. The highest BCUT2D eigenvalue weighted by atomic mass is 16.5. The second kappa shape index (κ2) is 6.10. The standard InChI is InChI=1S/C13H15N3O3/c1-2-18-13(17)11-15-12(19-16-11)10-5-3-9(4-6-10)7-8-14/h3-6H,2,7-8,14H2,1H3. The van der Waals surface area contributed by atoms with Gasteiger partial charge in [-0.3, -0.25) is 0 Å². The SMILES string of the molecule is CCOC(=O)c1noc(-c2ccc(CCN)cc2)n1. The first-order chi connectivity index (χ1) is 9.24. The number of carbonyl (C=O) groups is 1. The van der Waals surface area contributed by atoms with Crippen molar-refractivity contribution in [2.75, 3.05) is 13.2 Å². The van der Waals surface area contributed by atoms with Crippen LogP contribution in [-0.4, -0.2) is 29.3 Å². The smallest absolute Gasteiger partial charge is 0.379 e. The van der Waals surface area contributed by atoms with E-state index in [0.717, 1.165) is 17.5 Å². The van der Waals surface area contributed by atoms with Gasteiger partial charge < -0.3 is 15.0 Å². The quantitative estimate of drug-likeness (QED) is 0.818. The molecule has 0 saturated carbocycles. The maximum Gasteiger partial charge on any atom is 0.379 e. The zero-order valence-electron chi connectivity index (χ0n) is 10.6. The predicted octanol–water partition coefficient (Wildman–Crippen LogP) is 1.41. The average Bonchev–Trinajstić information content (AvgIpc) is 2.90. The van der Waals surface area contributed by atoms with E-state index in [0.29, 0.717) is 12.4 Å². The van der Waals surface area contributed by atoms with Crippen LogP contribution in [0.2, 0.25) is 0 Å². The Balaban J connectivity index is 2.15. The average molecular weight is 261 g/mol. The van der Waals surface area contributed by atoms with Crippen LogP contribution in [-0.2, 0) is 11.2 Å². The number of benzene rings is 1. The minimum absolute atomic E-state index is 0.0668. The van der Waals surface area contributed by atoms with Crippen LogP contribution in [0.4, 0.5) is 0 Å². The van der Waals surface area contributed by atoms with Crippen LogP contribution in [0.1, 0.15) is 23.1 Å². The molecule has 0 spiro atoms. The van der Waals surface area contributed by atoms with Crippen molar-refractivity contribution in [3.8, 4) is 11.5 Å². The van der Waals surface area contributed by atoms with Gasteiger partial charge in [0.15, 0.2) is 0 Å². The van der Waals surface area contributed by atoms with Crippen LogP contribution in [0, 0.1) is 0 Å². The number of carbonyl (C=O) groups excluding carboxylic acids is 1. The molecule has 1 aromatic heterocycles. The molecule has 1 aromatic carbocycles. The van der Waals surface area contributed by atoms with Gasteiger partial charge in [-0.15, -0.1) is 0 Å². The lowest BCUT2D eigenvalue weighted by molar-refractivity contribution is 0.0508. The molecule has 0 aliphatic carbocycles. The van der Waals surface area contributed by atoms with Crippen LogP contribution in [0.5, 0.6) is 0 Å². The Morgan fingerprint density at radius 2 is 2.11 bits per heavy atom. The van der Waals surface area contributed by atoms with Gasteiger partial charge in [0, 0.05) is 5.56 Å². The molecule has 2 aromatic rings. The fraction of sp³-hybridized carbons (Fsp3) is 0.308. The lowest BCUT2D eigenvalue weighted by atomic mass is 10.1. The number of ether oxygens (including phenoxy) is 1. The molecule has 0 bridgehead atoms. The summed E-state index contributed by atoms with van der Waals surface area (Å²) >= 11 is 0. The van der Waals surface area contributed by atoms with Crippen LogP contribution in [0.15, 0.2) is 28.8 Å². The number of nitrogens with two attached hydrogens (primary N) is 1. The third kappa shape index (κ3) is 3.17. The van der Waals surface area contributed by atoms with E-state index in [2.05, 4.69) is 10.1 Å². The summed E-state index contributed by atoms with van der Waals surface area (Å²) in [6.45, 7) is 2.60. The van der Waals surface area contributed by atoms with E-state index >= 15 is 0 Å². The molecular formula is C13H15N3O3. The lowest BCUT2D eigenvalue weighted by Crippen LogP contribution is -2.06. The van der Waals surface area contributed by atoms with Crippen molar-refractivity contribution >= 4 is 5.97 Å². The molecule has 2 rings (SSSR count). The van der Waals surface area contributed by atoms with Crippen molar-refractivity contribution in [3.05, 3.63) is 35.7 Å². The number of nitrogens with zero attached hydrogens (tertiary/aromatic N) is 2. The normalized spacial score (nSPS) is 10.4. The maximum absolute atomic E-state index is 11.4. The topological polar surface area (TPSA) is 91.2 Å². The molecule has 19 heavy (non-hydrogen) atoms. The van der Waals surface area contributed by atoms with E-state index in [-0.39, 0.29) is 12.4 Å². The molecule has 6 nitrogen and oxygen atoms in total. The third-order valence-corrected chi connectivity index (χ3v) is 2.52. The van der Waals surface area contributed by atoms with Crippen molar-refractivity contribution < 1.29 is 14.1 Å². The number of aromatic nitrogens is 2. The highest BCUT2D eigenvalue weighted by Gasteiger charge is 2.16. The Hall–Kier alpha value is -2.21. The number of hydrogen-bond acceptors (Lipinski definition) is 6. The second-order valence-corrected chi connectivity index (χ2v) is 3.88. The molecule has 2 N–H and O–H groups in total. The van der Waals surface area contributed by atoms with Gasteiger partial charge in [-0.25, -0.2) is 4.79 Å². The highest BCUT2D eigenvalue weighted by Crippen LogP contribution is 2.18. The Labute approximate surface area is 110 Å². The molecule has 100 valence electrons. The van der Waals surface area contributed by atoms with E-state index in [1.165, 1.54) is 0 Å². The van der Waals surface area contributed by atoms with Crippen LogP contribution < -0.4 is 5.73 Å². The predicted molar refractivity (Wildman–Crippen MR) is 68.4 cm³/mol. The summed E-state index contributed by atoms with van der Waals surface area (Å²) in [4.78, 5) is 15.4. The minimum Gasteiger partial charge on any atom is -0.460 e. The summed E-state index contributed by atoms with van der Waals surface area (Å²) in [5.41, 5.74) is 7.37. The lowest BCUT2D eigenvalue weighted by Gasteiger charge is -1.99. The molecule has 1 heterocycles. The first kappa shape index (κ1) is 13.2. The fourth-order valence-corrected chi connectivity index (χ4v) is 1.60. The first-order valence-corrected chi connectivity index (χ1v) is 6.04. The third-order valence-electron chi connectivity index (χ3n) is 2.52. The molecule has 0 aliphatic heterocycles. The summed E-state index contributed by atoms with van der Waals surface area (Å²) in [6, 6.07) is 7.59. The van der Waals surface area contributed by atoms with E-state index in [4.69, 9.17) is 15.0 Å². The Kier molecular flexibility index (Phi) is 4.25. The molecule has 0 saturated heterocycles. The van der Waals surface area contributed by atoms with Gasteiger partial charge in [0.2, 0.25) is 0 Å². The van der Waals surface area contributed by atoms with E-state index in [1.807, 2.05) is 24.3 Å². The number of esters is 1. The second-order valence-electron chi connectivity index (χ2n) is 3.88. The Morgan fingerprint density at radius 3 is 2.74 bits per heavy atom. The van der Waals surface area contributed by atoms with E-state index < -0.39 is 5.97 Å². The molecular weight excluding hydrogens is 246 g/mol. The van der Waals surface area contributed by atoms with Crippen LogP contribution >= 0.6 is 0 Å². The van der Waals surface area contributed by atoms with Crippen LogP contribution in [0.25, 0.3) is 11.5 Å². The Bertz CT molecular complexity index is 549. The summed E-state index contributed by atoms with van der Waals surface area (Å²) < 4.78 is 9.82. The van der Waals surface area contributed by atoms with Crippen molar-refractivity contribution in [3.63, 3.8) is 0 Å². The number of rotatable bonds is 5. The van der Waals surface area contributed by atoms with E-state index in [1.54, 1.807) is 6.92 Å². The summed E-state index contributed by atoms with van der Waals surface area (Å²) in [6.07, 6.45) is 0.818. The van der Waals surface area contributed by atoms with Gasteiger partial charge >= 0.3 is 5.97 Å². The summed E-state index contributed by atoms with van der Waals surface area (Å²) in [5, 5.41) is 3.59. The van der Waals surface area contributed by atoms with Gasteiger partial charge in [0.25, 0.3) is 11.7 Å². The van der Waals surface area contributed by atoms with Crippen molar-refractivity contribution in [2.24, 2.45) is 5.73 Å². The molecule has 0 radical (unpaired) electrons. The van der Waals surface area contributed by atoms with Crippen molar-refractivity contribution in [1.29, 1.82) is 0 Å².